The number of nitrogens with zero attached hydrogens (tertiary/aromatic N) is 1. The number of hydrogen-bond acceptors (Lipinski definition) is 2. The Kier molecular flexibility index (Phi) is 9.88. The van der Waals surface area contributed by atoms with Crippen LogP contribution in [0.25, 0.3) is 0 Å². The first-order valence-corrected chi connectivity index (χ1v) is 9.41. The zero-order valence-electron chi connectivity index (χ0n) is 14.5. The van der Waals surface area contributed by atoms with E-state index in [1.807, 2.05) is 0 Å². The van der Waals surface area contributed by atoms with E-state index in [4.69, 9.17) is 0 Å². The molecule has 4 heteroatoms. The van der Waals surface area contributed by atoms with Gasteiger partial charge in [-0.3, -0.25) is 0 Å². The monoisotopic (exact) mass is 302 g/mol. The minimum atomic E-state index is -1.67. The molecule has 20 heavy (non-hydrogen) atoms. The lowest BCUT2D eigenvalue weighted by Gasteiger charge is -2.23. The van der Waals surface area contributed by atoms with Gasteiger partial charge in [0.2, 0.25) is 0 Å². The average molecular weight is 302 g/mol. The lowest BCUT2D eigenvalue weighted by atomic mass is 9.98. The summed E-state index contributed by atoms with van der Waals surface area (Å²) in [7, 11) is -1.67. The molecule has 0 bridgehead atoms. The highest BCUT2D eigenvalue weighted by molar-refractivity contribution is 7.37. The van der Waals surface area contributed by atoms with Gasteiger partial charge in [-0.05, 0) is 40.5 Å². The van der Waals surface area contributed by atoms with Crippen molar-refractivity contribution in [2.75, 3.05) is 0 Å². The van der Waals surface area contributed by atoms with E-state index in [1.54, 1.807) is 0 Å². The Morgan fingerprint density at radius 2 is 1.40 bits per heavy atom. The Morgan fingerprint density at radius 1 is 0.900 bits per heavy atom. The summed E-state index contributed by atoms with van der Waals surface area (Å²) >= 11 is 0. The van der Waals surface area contributed by atoms with Gasteiger partial charge in [0.15, 0.2) is 0 Å². The highest BCUT2D eigenvalue weighted by atomic mass is 31.1. The molecule has 0 spiro atoms. The van der Waals surface area contributed by atoms with Gasteiger partial charge in [-0.15, -0.1) is 5.09 Å². The van der Waals surface area contributed by atoms with Crippen molar-refractivity contribution in [3.63, 3.8) is 0 Å². The van der Waals surface area contributed by atoms with Crippen LogP contribution in [0.3, 0.4) is 0 Å². The van der Waals surface area contributed by atoms with E-state index < -0.39 is 8.09 Å². The molecule has 0 saturated carbocycles. The molecule has 1 N–H and O–H groups in total. The van der Waals surface area contributed by atoms with Crippen LogP contribution in [0.15, 0.2) is 4.74 Å². The van der Waals surface area contributed by atoms with Gasteiger partial charge >= 0.3 is 0 Å². The molecule has 0 aliphatic rings. The minimum Gasteiger partial charge on any atom is -0.595 e. The van der Waals surface area contributed by atoms with E-state index in [0.29, 0.717) is 0 Å². The first-order chi connectivity index (χ1) is 9.22. The van der Waals surface area contributed by atoms with Crippen LogP contribution < -0.4 is 9.98 Å². The quantitative estimate of drug-likeness (QED) is 0.424. The van der Waals surface area contributed by atoms with Gasteiger partial charge in [-0.25, -0.2) is 0 Å². The summed E-state index contributed by atoms with van der Waals surface area (Å²) < 4.78 is 4.49. The first-order valence-electron chi connectivity index (χ1n) is 8.20. The molecule has 0 aliphatic heterocycles. The molecule has 0 radical (unpaired) electrons. The van der Waals surface area contributed by atoms with E-state index in [-0.39, 0.29) is 11.1 Å². The van der Waals surface area contributed by atoms with Crippen LogP contribution in [0.5, 0.6) is 0 Å². The van der Waals surface area contributed by atoms with Crippen LogP contribution in [-0.4, -0.2) is 11.1 Å². The number of hydrogen-bond donors (Lipinski definition) is 1. The molecule has 3 nitrogen and oxygen atoms in total. The summed E-state index contributed by atoms with van der Waals surface area (Å²) in [6.45, 7) is 12.8. The second-order valence-corrected chi connectivity index (χ2v) is 8.06. The van der Waals surface area contributed by atoms with Crippen LogP contribution in [0.4, 0.5) is 0 Å². The van der Waals surface area contributed by atoms with Crippen molar-refractivity contribution in [3.05, 3.63) is 0 Å². The Bertz CT molecular complexity index is 288. The molecule has 0 aromatic rings. The van der Waals surface area contributed by atoms with E-state index >= 15 is 0 Å². The summed E-state index contributed by atoms with van der Waals surface area (Å²) in [6, 6.07) is 0. The zero-order valence-corrected chi connectivity index (χ0v) is 15.4. The third kappa shape index (κ3) is 10.8. The summed E-state index contributed by atoms with van der Waals surface area (Å²) in [5.41, 5.74) is -0.277. The van der Waals surface area contributed by atoms with Crippen LogP contribution >= 0.6 is 8.09 Å². The molecule has 0 aliphatic carbocycles. The van der Waals surface area contributed by atoms with Crippen LogP contribution in [-0.2, 0) is 0 Å². The second kappa shape index (κ2) is 9.87. The van der Waals surface area contributed by atoms with Gasteiger partial charge in [0.25, 0.3) is 8.09 Å². The number of unbranched alkanes of at least 4 members (excludes halogenated alkanes) is 4. The Morgan fingerprint density at radius 3 is 1.90 bits per heavy atom. The Hall–Kier alpha value is 0.0200. The lowest BCUT2D eigenvalue weighted by Crippen LogP contribution is -2.36. The molecule has 0 fully saturated rings. The van der Waals surface area contributed by atoms with Crippen molar-refractivity contribution in [1.29, 1.82) is 0 Å². The molecular formula is C16H35N2OP. The Labute approximate surface area is 127 Å². The smallest absolute Gasteiger partial charge is 0.262 e. The third-order valence-electron chi connectivity index (χ3n) is 3.56. The fourth-order valence-corrected chi connectivity index (χ4v) is 3.53. The van der Waals surface area contributed by atoms with E-state index in [1.165, 1.54) is 32.1 Å². The first kappa shape index (κ1) is 20.0. The van der Waals surface area contributed by atoms with Gasteiger partial charge in [0.1, 0.15) is 0 Å². The fourth-order valence-electron chi connectivity index (χ4n) is 2.26. The number of nitrogens with one attached hydrogen (secondary N) is 1. The molecule has 0 heterocycles. The summed E-state index contributed by atoms with van der Waals surface area (Å²) in [6.07, 6.45) is 9.30. The predicted molar refractivity (Wildman–Crippen MR) is 88.9 cm³/mol. The number of rotatable bonds is 11. The van der Waals surface area contributed by atoms with E-state index in [9.17, 15) is 4.89 Å². The molecule has 0 amide bonds. The molecule has 0 saturated heterocycles. The van der Waals surface area contributed by atoms with E-state index in [2.05, 4.69) is 51.4 Å². The maximum atomic E-state index is 12.2. The third-order valence-corrected chi connectivity index (χ3v) is 5.08. The zero-order chi connectivity index (χ0) is 15.6. The van der Waals surface area contributed by atoms with Crippen molar-refractivity contribution in [2.45, 2.75) is 104 Å². The summed E-state index contributed by atoms with van der Waals surface area (Å²) in [5.74, 6) is 0. The topological polar surface area (TPSA) is 47.5 Å². The van der Waals surface area contributed by atoms with Crippen LogP contribution in [0, 0.1) is 0 Å². The Balaban J connectivity index is 4.33. The highest BCUT2D eigenvalue weighted by Crippen LogP contribution is 2.28. The minimum absolute atomic E-state index is 0.0916. The van der Waals surface area contributed by atoms with Gasteiger partial charge in [-0.2, -0.15) is 0 Å². The van der Waals surface area contributed by atoms with Gasteiger partial charge < -0.3 is 4.89 Å². The standard InChI is InChI=1S/C16H35N2OP/c1-7-9-11-13-15(3,4)17-20(19)18-16(5,6)14-12-10-8-2/h7-14H2,1-6H3,(H,17,18). The second-order valence-electron chi connectivity index (χ2n) is 7.10. The molecule has 1 atom stereocenters. The predicted octanol–water partition coefficient (Wildman–Crippen LogP) is 5.15. The summed E-state index contributed by atoms with van der Waals surface area (Å²) in [4.78, 5) is 12.2. The molecule has 0 aromatic heterocycles. The van der Waals surface area contributed by atoms with Gasteiger partial charge in [0.05, 0.1) is 11.1 Å². The van der Waals surface area contributed by atoms with Crippen molar-refractivity contribution >= 4 is 8.09 Å². The molecule has 0 aromatic carbocycles. The van der Waals surface area contributed by atoms with Crippen molar-refractivity contribution < 1.29 is 4.89 Å². The maximum absolute atomic E-state index is 12.2. The molecular weight excluding hydrogens is 267 g/mol. The van der Waals surface area contributed by atoms with Crippen molar-refractivity contribution in [2.24, 2.45) is 4.74 Å². The molecule has 120 valence electrons. The van der Waals surface area contributed by atoms with Crippen molar-refractivity contribution in [1.82, 2.24) is 5.09 Å². The largest absolute Gasteiger partial charge is 0.595 e. The summed E-state index contributed by atoms with van der Waals surface area (Å²) in [5, 5.41) is 3.20. The highest BCUT2D eigenvalue weighted by Gasteiger charge is 2.25. The van der Waals surface area contributed by atoms with E-state index in [0.717, 1.165) is 19.3 Å². The molecule has 0 rings (SSSR count). The van der Waals surface area contributed by atoms with Gasteiger partial charge in [0, 0.05) is 0 Å². The average Bonchev–Trinajstić information content (AvgIpc) is 2.27. The van der Waals surface area contributed by atoms with Crippen LogP contribution in [0.1, 0.15) is 92.9 Å². The van der Waals surface area contributed by atoms with Crippen molar-refractivity contribution in [3.8, 4) is 0 Å². The SMILES string of the molecule is CCCCCC(C)(C)N=[P+]([O-])NC(C)(C)CCCCC. The normalized spacial score (nSPS) is 13.8. The lowest BCUT2D eigenvalue weighted by molar-refractivity contribution is -0.160. The maximum Gasteiger partial charge on any atom is 0.262 e. The fraction of sp³-hybridized carbons (Fsp3) is 1.00. The van der Waals surface area contributed by atoms with Crippen LogP contribution in [0.2, 0.25) is 0 Å². The van der Waals surface area contributed by atoms with Gasteiger partial charge in [-0.1, -0.05) is 57.1 Å². The molecule has 1 unspecified atom stereocenters.